The number of carbonyl (C=O) groups excluding carboxylic acids is 1. The van der Waals surface area contributed by atoms with E-state index in [9.17, 15) is 4.79 Å². The molecule has 4 heteroatoms. The van der Waals surface area contributed by atoms with Crippen LogP contribution in [0.3, 0.4) is 0 Å². The summed E-state index contributed by atoms with van der Waals surface area (Å²) in [5.41, 5.74) is 1.31. The molecule has 0 aliphatic heterocycles. The molecule has 0 spiro atoms. The number of carbonyl (C=O) groups is 1. The third kappa shape index (κ3) is 4.02. The molecule has 1 amide bonds. The van der Waals surface area contributed by atoms with Crippen LogP contribution in [0.25, 0.3) is 0 Å². The Balaban J connectivity index is 2.53. The molecule has 0 radical (unpaired) electrons. The highest BCUT2D eigenvalue weighted by Crippen LogP contribution is 2.17. The lowest BCUT2D eigenvalue weighted by Gasteiger charge is -2.20. The molecule has 1 aromatic rings. The fourth-order valence-corrected chi connectivity index (χ4v) is 1.37. The summed E-state index contributed by atoms with van der Waals surface area (Å²) in [5, 5.41) is 11.7. The lowest BCUT2D eigenvalue weighted by molar-refractivity contribution is -0.128. The second-order valence-corrected chi connectivity index (χ2v) is 4.94. The van der Waals surface area contributed by atoms with Crippen molar-refractivity contribution in [3.63, 3.8) is 0 Å². The van der Waals surface area contributed by atoms with Gasteiger partial charge in [0, 0.05) is 12.4 Å². The van der Waals surface area contributed by atoms with Gasteiger partial charge in [-0.05, 0) is 25.0 Å². The number of aliphatic hydroxyl groups excluding tert-OH is 1. The minimum Gasteiger partial charge on any atom is -0.392 e. The van der Waals surface area contributed by atoms with Crippen LogP contribution in [0.15, 0.2) is 24.3 Å². The first kappa shape index (κ1) is 14.0. The molecule has 2 N–H and O–H groups in total. The van der Waals surface area contributed by atoms with Crippen LogP contribution < -0.4 is 5.32 Å². The number of hydrogen-bond acceptors (Lipinski definition) is 2. The van der Waals surface area contributed by atoms with E-state index >= 15 is 0 Å². The van der Waals surface area contributed by atoms with Gasteiger partial charge in [0.15, 0.2) is 0 Å². The zero-order valence-corrected chi connectivity index (χ0v) is 10.9. The number of nitrogens with one attached hydrogen (secondary N) is 1. The zero-order chi connectivity index (χ0) is 12.9. The minimum atomic E-state index is -0.549. The fourth-order valence-electron chi connectivity index (χ4n) is 1.24. The Labute approximate surface area is 107 Å². The summed E-state index contributed by atoms with van der Waals surface area (Å²) in [7, 11) is 0. The number of hydrogen-bond donors (Lipinski definition) is 2. The molecule has 1 rings (SSSR count). The van der Waals surface area contributed by atoms with Gasteiger partial charge in [-0.15, -0.1) is 11.6 Å². The number of halogens is 1. The molecule has 0 aromatic heterocycles. The predicted molar refractivity (Wildman–Crippen MR) is 68.7 cm³/mol. The molecule has 17 heavy (non-hydrogen) atoms. The van der Waals surface area contributed by atoms with Crippen LogP contribution in [0, 0.1) is 5.41 Å². The van der Waals surface area contributed by atoms with E-state index < -0.39 is 5.41 Å². The number of alkyl halides is 1. The van der Waals surface area contributed by atoms with Gasteiger partial charge in [-0.2, -0.15) is 0 Å². The lowest BCUT2D eigenvalue weighted by Crippen LogP contribution is -2.37. The molecule has 0 saturated carbocycles. The summed E-state index contributed by atoms with van der Waals surface area (Å²) in [6, 6.07) is 7.46. The van der Waals surface area contributed by atoms with Gasteiger partial charge in [0.05, 0.1) is 12.0 Å². The van der Waals surface area contributed by atoms with Gasteiger partial charge in [-0.3, -0.25) is 4.79 Å². The van der Waals surface area contributed by atoms with Crippen LogP contribution in [0.5, 0.6) is 0 Å². The number of benzene rings is 1. The first-order valence-electron chi connectivity index (χ1n) is 5.52. The summed E-state index contributed by atoms with van der Waals surface area (Å²) < 4.78 is 0. The van der Waals surface area contributed by atoms with E-state index in [0.717, 1.165) is 11.1 Å². The van der Waals surface area contributed by atoms with E-state index in [-0.39, 0.29) is 12.5 Å². The maximum Gasteiger partial charge on any atom is 0.227 e. The highest BCUT2D eigenvalue weighted by Gasteiger charge is 2.25. The summed E-state index contributed by atoms with van der Waals surface area (Å²) >= 11 is 5.72. The maximum atomic E-state index is 11.8. The van der Waals surface area contributed by atoms with Crippen molar-refractivity contribution in [2.24, 2.45) is 5.41 Å². The van der Waals surface area contributed by atoms with Crippen LogP contribution in [-0.2, 0) is 17.9 Å². The van der Waals surface area contributed by atoms with Crippen molar-refractivity contribution in [3.8, 4) is 0 Å². The van der Waals surface area contributed by atoms with Gasteiger partial charge >= 0.3 is 0 Å². The monoisotopic (exact) mass is 255 g/mol. The molecule has 3 nitrogen and oxygen atoms in total. The Bertz CT molecular complexity index is 374. The highest BCUT2D eigenvalue weighted by atomic mass is 35.5. The Morgan fingerprint density at radius 2 is 1.82 bits per heavy atom. The summed E-state index contributed by atoms with van der Waals surface area (Å²) in [4.78, 5) is 11.8. The van der Waals surface area contributed by atoms with E-state index in [2.05, 4.69) is 5.32 Å². The second kappa shape index (κ2) is 6.03. The molecule has 0 heterocycles. The quantitative estimate of drug-likeness (QED) is 0.792. The highest BCUT2D eigenvalue weighted by molar-refractivity contribution is 6.19. The van der Waals surface area contributed by atoms with Crippen LogP contribution >= 0.6 is 11.6 Å². The molecule has 0 fully saturated rings. The summed E-state index contributed by atoms with van der Waals surface area (Å²) in [5.74, 6) is 0.237. The molecule has 1 aromatic carbocycles. The molecule has 0 bridgehead atoms. The molecule has 0 unspecified atom stereocenters. The van der Waals surface area contributed by atoms with E-state index in [1.165, 1.54) is 0 Å². The van der Waals surface area contributed by atoms with E-state index in [1.807, 2.05) is 38.1 Å². The van der Waals surface area contributed by atoms with Crippen LogP contribution in [0.2, 0.25) is 0 Å². The Morgan fingerprint density at radius 1 is 1.29 bits per heavy atom. The largest absolute Gasteiger partial charge is 0.392 e. The average molecular weight is 256 g/mol. The summed E-state index contributed by atoms with van der Waals surface area (Å²) in [6.45, 7) is 4.13. The normalized spacial score (nSPS) is 11.3. The molecular formula is C13H18ClNO2. The SMILES string of the molecule is CC(C)(CCl)C(=O)NCc1ccc(CO)cc1. The Kier molecular flexibility index (Phi) is 4.97. The smallest absolute Gasteiger partial charge is 0.227 e. The van der Waals surface area contributed by atoms with Gasteiger partial charge < -0.3 is 10.4 Å². The fraction of sp³-hybridized carbons (Fsp3) is 0.462. The van der Waals surface area contributed by atoms with Crippen molar-refractivity contribution in [1.29, 1.82) is 0 Å². The third-order valence-corrected chi connectivity index (χ3v) is 3.28. The van der Waals surface area contributed by atoms with E-state index in [1.54, 1.807) is 0 Å². The Morgan fingerprint density at radius 3 is 2.29 bits per heavy atom. The Hall–Kier alpha value is -1.06. The molecule has 94 valence electrons. The zero-order valence-electron chi connectivity index (χ0n) is 10.2. The standard InChI is InChI=1S/C13H18ClNO2/c1-13(2,9-14)12(17)15-7-10-3-5-11(8-16)6-4-10/h3-6,16H,7-9H2,1-2H3,(H,15,17). The van der Waals surface area contributed by atoms with Crippen molar-refractivity contribution in [2.45, 2.75) is 27.0 Å². The number of amides is 1. The van der Waals surface area contributed by atoms with Crippen molar-refractivity contribution < 1.29 is 9.90 Å². The van der Waals surface area contributed by atoms with Crippen molar-refractivity contribution >= 4 is 17.5 Å². The average Bonchev–Trinajstić information content (AvgIpc) is 2.36. The molecule has 0 saturated heterocycles. The van der Waals surface area contributed by atoms with E-state index in [4.69, 9.17) is 16.7 Å². The van der Waals surface area contributed by atoms with Gasteiger partial charge in [0.25, 0.3) is 0 Å². The third-order valence-electron chi connectivity index (χ3n) is 2.61. The maximum absolute atomic E-state index is 11.8. The molecule has 0 atom stereocenters. The van der Waals surface area contributed by atoms with Gasteiger partial charge in [-0.25, -0.2) is 0 Å². The van der Waals surface area contributed by atoms with Gasteiger partial charge in [0.1, 0.15) is 0 Å². The number of rotatable bonds is 5. The van der Waals surface area contributed by atoms with Crippen molar-refractivity contribution in [2.75, 3.05) is 5.88 Å². The molecule has 0 aliphatic rings. The number of aliphatic hydroxyl groups is 1. The first-order valence-corrected chi connectivity index (χ1v) is 6.06. The van der Waals surface area contributed by atoms with Crippen LogP contribution in [-0.4, -0.2) is 16.9 Å². The second-order valence-electron chi connectivity index (χ2n) is 4.67. The van der Waals surface area contributed by atoms with Gasteiger partial charge in [0.2, 0.25) is 5.91 Å². The van der Waals surface area contributed by atoms with E-state index in [0.29, 0.717) is 12.4 Å². The predicted octanol–water partition coefficient (Wildman–Crippen LogP) is 2.06. The minimum absolute atomic E-state index is 0.0336. The summed E-state index contributed by atoms with van der Waals surface area (Å²) in [6.07, 6.45) is 0. The van der Waals surface area contributed by atoms with Crippen LogP contribution in [0.4, 0.5) is 0 Å². The molecular weight excluding hydrogens is 238 g/mol. The van der Waals surface area contributed by atoms with Crippen LogP contribution in [0.1, 0.15) is 25.0 Å². The lowest BCUT2D eigenvalue weighted by atomic mass is 9.95. The first-order chi connectivity index (χ1) is 7.99. The molecule has 0 aliphatic carbocycles. The van der Waals surface area contributed by atoms with Gasteiger partial charge in [-0.1, -0.05) is 24.3 Å². The topological polar surface area (TPSA) is 49.3 Å². The van der Waals surface area contributed by atoms with Crippen molar-refractivity contribution in [3.05, 3.63) is 35.4 Å². The van der Waals surface area contributed by atoms with Crippen molar-refractivity contribution in [1.82, 2.24) is 5.32 Å².